The Morgan fingerprint density at radius 3 is 1.48 bits per heavy atom. The second kappa shape index (κ2) is 8.94. The third-order valence-electron chi connectivity index (χ3n) is 4.10. The minimum Gasteiger partial charge on any atom is -0.457 e. The highest BCUT2D eigenvalue weighted by atomic mass is 16.5. The number of nitrogen functional groups attached to an aromatic ring is 2. The summed E-state index contributed by atoms with van der Waals surface area (Å²) in [6, 6.07) is 18.6. The van der Waals surface area contributed by atoms with Gasteiger partial charge in [-0.05, 0) is 59.7 Å². The van der Waals surface area contributed by atoms with Gasteiger partial charge in [-0.15, -0.1) is 0 Å². The molecule has 0 spiro atoms. The zero-order valence-corrected chi connectivity index (χ0v) is 15.5. The quantitative estimate of drug-likeness (QED) is 0.591. The van der Waals surface area contributed by atoms with Crippen LogP contribution in [0.4, 0.5) is 11.4 Å². The predicted molar refractivity (Wildman–Crippen MR) is 115 cm³/mol. The van der Waals surface area contributed by atoms with E-state index in [-0.39, 0.29) is 5.57 Å². The molecule has 1 heterocycles. The normalized spacial score (nSPS) is 13.4. The van der Waals surface area contributed by atoms with Crippen molar-refractivity contribution in [3.8, 4) is 12.1 Å². The number of ether oxygens (including phenoxy) is 1. The van der Waals surface area contributed by atoms with E-state index in [9.17, 15) is 10.5 Å². The lowest BCUT2D eigenvalue weighted by Crippen LogP contribution is -1.98. The summed E-state index contributed by atoms with van der Waals surface area (Å²) in [5, 5.41) is 18.5. The molecule has 4 N–H and O–H groups in total. The van der Waals surface area contributed by atoms with E-state index in [0.29, 0.717) is 28.5 Å². The van der Waals surface area contributed by atoms with Crippen LogP contribution in [0.5, 0.6) is 0 Å². The summed E-state index contributed by atoms with van der Waals surface area (Å²) in [6.45, 7) is 0. The summed E-state index contributed by atoms with van der Waals surface area (Å²) in [4.78, 5) is 0. The molecule has 0 atom stereocenters. The van der Waals surface area contributed by atoms with Crippen LogP contribution in [0.2, 0.25) is 0 Å². The van der Waals surface area contributed by atoms with Gasteiger partial charge in [0.25, 0.3) is 0 Å². The zero-order valence-electron chi connectivity index (χ0n) is 15.5. The monoisotopic (exact) mass is 378 g/mol. The van der Waals surface area contributed by atoms with Crippen LogP contribution in [0.15, 0.2) is 95.5 Å². The summed E-state index contributed by atoms with van der Waals surface area (Å²) in [5.41, 5.74) is 15.2. The molecule has 29 heavy (non-hydrogen) atoms. The van der Waals surface area contributed by atoms with Crippen molar-refractivity contribution in [3.63, 3.8) is 0 Å². The zero-order chi connectivity index (χ0) is 20.6. The number of hydrogen-bond donors (Lipinski definition) is 2. The molecule has 2 aromatic carbocycles. The minimum atomic E-state index is 0.0186. The van der Waals surface area contributed by atoms with Gasteiger partial charge >= 0.3 is 0 Å². The van der Waals surface area contributed by atoms with Crippen LogP contribution in [-0.2, 0) is 4.74 Å². The Hall–Kier alpha value is -4.48. The summed E-state index contributed by atoms with van der Waals surface area (Å²) in [7, 11) is 0. The summed E-state index contributed by atoms with van der Waals surface area (Å²) in [6.07, 6.45) is 10.6. The van der Waals surface area contributed by atoms with Crippen molar-refractivity contribution >= 4 is 23.5 Å². The molecule has 5 heteroatoms. The first-order valence-electron chi connectivity index (χ1n) is 8.80. The molecule has 140 valence electrons. The van der Waals surface area contributed by atoms with E-state index >= 15 is 0 Å². The van der Waals surface area contributed by atoms with Crippen LogP contribution in [0.3, 0.4) is 0 Å². The van der Waals surface area contributed by atoms with Gasteiger partial charge in [0.1, 0.15) is 29.2 Å². The number of nitriles is 2. The van der Waals surface area contributed by atoms with Crippen LogP contribution in [0, 0.1) is 22.7 Å². The SMILES string of the molecule is N#CC(C#N)=C1C=C(C=Cc2ccc(N)cc2)OC(C=Cc2ccc(N)cc2)=C1. The highest BCUT2D eigenvalue weighted by molar-refractivity contribution is 5.61. The standard InChI is InChI=1S/C24H18N4O/c25-15-20(16-26)19-13-23(11-5-17-1-7-21(27)8-2-17)29-24(14-19)12-6-18-3-9-22(28)10-4-18/h1-14H,27-28H2. The van der Waals surface area contributed by atoms with Gasteiger partial charge < -0.3 is 16.2 Å². The molecule has 0 saturated heterocycles. The molecule has 1 aliphatic rings. The Morgan fingerprint density at radius 1 is 0.690 bits per heavy atom. The van der Waals surface area contributed by atoms with Gasteiger partial charge in [-0.1, -0.05) is 36.4 Å². The maximum Gasteiger partial charge on any atom is 0.137 e. The molecule has 0 saturated carbocycles. The highest BCUT2D eigenvalue weighted by Crippen LogP contribution is 2.24. The van der Waals surface area contributed by atoms with Crippen molar-refractivity contribution in [1.29, 1.82) is 10.5 Å². The van der Waals surface area contributed by atoms with Gasteiger partial charge in [0, 0.05) is 16.9 Å². The first-order valence-corrected chi connectivity index (χ1v) is 8.80. The smallest absolute Gasteiger partial charge is 0.137 e. The van der Waals surface area contributed by atoms with E-state index in [1.807, 2.05) is 72.8 Å². The molecule has 0 fully saturated rings. The third-order valence-corrected chi connectivity index (χ3v) is 4.10. The van der Waals surface area contributed by atoms with Crippen molar-refractivity contribution in [2.24, 2.45) is 0 Å². The molecule has 0 aliphatic carbocycles. The van der Waals surface area contributed by atoms with Gasteiger partial charge in [-0.2, -0.15) is 10.5 Å². The number of anilines is 2. The van der Waals surface area contributed by atoms with Gasteiger partial charge in [0.15, 0.2) is 0 Å². The van der Waals surface area contributed by atoms with E-state index in [1.54, 1.807) is 24.3 Å². The Morgan fingerprint density at radius 2 is 1.10 bits per heavy atom. The first-order chi connectivity index (χ1) is 14.1. The lowest BCUT2D eigenvalue weighted by Gasteiger charge is -2.14. The van der Waals surface area contributed by atoms with Crippen LogP contribution in [0.25, 0.3) is 12.2 Å². The number of nitrogens with two attached hydrogens (primary N) is 2. The first kappa shape index (κ1) is 19.3. The van der Waals surface area contributed by atoms with E-state index in [1.165, 1.54) is 0 Å². The number of hydrogen-bond acceptors (Lipinski definition) is 5. The van der Waals surface area contributed by atoms with E-state index in [0.717, 1.165) is 11.1 Å². The van der Waals surface area contributed by atoms with Crippen molar-refractivity contribution in [2.45, 2.75) is 0 Å². The molecule has 1 aliphatic heterocycles. The average molecular weight is 378 g/mol. The molecule has 5 nitrogen and oxygen atoms in total. The van der Waals surface area contributed by atoms with Crippen molar-refractivity contribution in [2.75, 3.05) is 11.5 Å². The van der Waals surface area contributed by atoms with Crippen molar-refractivity contribution in [3.05, 3.63) is 107 Å². The van der Waals surface area contributed by atoms with Gasteiger partial charge in [0.05, 0.1) is 0 Å². The van der Waals surface area contributed by atoms with Crippen LogP contribution in [0.1, 0.15) is 11.1 Å². The Kier molecular flexibility index (Phi) is 5.95. The Balaban J connectivity index is 1.89. The molecule has 0 amide bonds. The molecular formula is C24H18N4O. The molecule has 0 aromatic heterocycles. The fourth-order valence-electron chi connectivity index (χ4n) is 2.58. The van der Waals surface area contributed by atoms with Crippen LogP contribution < -0.4 is 11.5 Å². The summed E-state index contributed by atoms with van der Waals surface area (Å²) < 4.78 is 5.89. The molecule has 3 rings (SSSR count). The molecule has 0 unspecified atom stereocenters. The Bertz CT molecular complexity index is 1040. The Labute approximate surface area is 169 Å². The van der Waals surface area contributed by atoms with Crippen LogP contribution in [-0.4, -0.2) is 0 Å². The number of rotatable bonds is 4. The summed E-state index contributed by atoms with van der Waals surface area (Å²) in [5.74, 6) is 1.03. The van der Waals surface area contributed by atoms with E-state index < -0.39 is 0 Å². The van der Waals surface area contributed by atoms with Gasteiger partial charge in [0.2, 0.25) is 0 Å². The second-order valence-corrected chi connectivity index (χ2v) is 6.25. The predicted octanol–water partition coefficient (Wildman–Crippen LogP) is 4.72. The largest absolute Gasteiger partial charge is 0.457 e. The average Bonchev–Trinajstić information content (AvgIpc) is 2.74. The fraction of sp³-hybridized carbons (Fsp3) is 0. The van der Waals surface area contributed by atoms with E-state index in [2.05, 4.69) is 0 Å². The minimum absolute atomic E-state index is 0.0186. The fourth-order valence-corrected chi connectivity index (χ4v) is 2.58. The van der Waals surface area contributed by atoms with E-state index in [4.69, 9.17) is 16.2 Å². The maximum atomic E-state index is 9.23. The molecule has 0 radical (unpaired) electrons. The van der Waals surface area contributed by atoms with Crippen LogP contribution >= 0.6 is 0 Å². The lowest BCUT2D eigenvalue weighted by molar-refractivity contribution is 0.332. The number of benzene rings is 2. The number of allylic oxidation sites excluding steroid dienone is 6. The summed E-state index contributed by atoms with van der Waals surface area (Å²) >= 11 is 0. The topological polar surface area (TPSA) is 109 Å². The third kappa shape index (κ3) is 5.26. The van der Waals surface area contributed by atoms with Crippen molar-refractivity contribution in [1.82, 2.24) is 0 Å². The van der Waals surface area contributed by atoms with Gasteiger partial charge in [-0.25, -0.2) is 0 Å². The molecular weight excluding hydrogens is 360 g/mol. The lowest BCUT2D eigenvalue weighted by atomic mass is 10.1. The number of nitrogens with zero attached hydrogens (tertiary/aromatic N) is 2. The maximum absolute atomic E-state index is 9.23. The highest BCUT2D eigenvalue weighted by Gasteiger charge is 2.11. The molecule has 2 aromatic rings. The molecule has 0 bridgehead atoms. The second-order valence-electron chi connectivity index (χ2n) is 6.25. The van der Waals surface area contributed by atoms with Crippen molar-refractivity contribution < 1.29 is 4.74 Å². The van der Waals surface area contributed by atoms with Gasteiger partial charge in [-0.3, -0.25) is 0 Å².